The molecule has 0 N–H and O–H groups in total. The number of nitrogens with zero attached hydrogens (tertiary/aromatic N) is 3. The van der Waals surface area contributed by atoms with Crippen molar-refractivity contribution in [2.45, 2.75) is 12.2 Å². The molecule has 0 aromatic carbocycles. The molecule has 0 aliphatic carbocycles. The first-order valence-corrected chi connectivity index (χ1v) is 8.71. The summed E-state index contributed by atoms with van der Waals surface area (Å²) in [5.41, 5.74) is 0. The molecular weight excluding hydrogens is 314 g/mol. The maximum atomic E-state index is 12.3. The van der Waals surface area contributed by atoms with Gasteiger partial charge in [-0.2, -0.15) is 0 Å². The lowest BCUT2D eigenvalue weighted by molar-refractivity contribution is 0.0698. The number of halogens is 1. The number of hydrogen-bond acceptors (Lipinski definition) is 5. The highest BCUT2D eigenvalue weighted by atomic mass is 35.5. The van der Waals surface area contributed by atoms with Crippen LogP contribution in [0.4, 0.5) is 0 Å². The molecule has 3 rings (SSSR count). The Bertz CT molecular complexity index is 537. The Hall–Kier alpha value is -0.720. The molecule has 1 aromatic heterocycles. The average molecular weight is 330 g/mol. The summed E-state index contributed by atoms with van der Waals surface area (Å²) in [5.74, 6) is 0.0935. The first kappa shape index (κ1) is 14.2. The van der Waals surface area contributed by atoms with Gasteiger partial charge in [0.2, 0.25) is 0 Å². The minimum atomic E-state index is 0.0935. The van der Waals surface area contributed by atoms with Gasteiger partial charge in [-0.25, -0.2) is 0 Å². The molecule has 1 atom stereocenters. The van der Waals surface area contributed by atoms with Crippen LogP contribution in [0.15, 0.2) is 17.1 Å². The smallest absolute Gasteiger partial charge is 0.264 e. The average Bonchev–Trinajstić information content (AvgIpc) is 3.07. The van der Waals surface area contributed by atoms with E-state index in [0.717, 1.165) is 42.8 Å². The molecule has 20 heavy (non-hydrogen) atoms. The maximum Gasteiger partial charge on any atom is 0.264 e. The topological polar surface area (TPSA) is 35.9 Å². The van der Waals surface area contributed by atoms with Crippen LogP contribution < -0.4 is 0 Å². The number of carbonyl (C=O) groups excluding carboxylic acids is 1. The quantitative estimate of drug-likeness (QED) is 0.794. The van der Waals surface area contributed by atoms with E-state index >= 15 is 0 Å². The Morgan fingerprint density at radius 3 is 2.65 bits per heavy atom. The van der Waals surface area contributed by atoms with Crippen molar-refractivity contribution in [1.82, 2.24) is 9.80 Å². The zero-order chi connectivity index (χ0) is 14.1. The van der Waals surface area contributed by atoms with Gasteiger partial charge in [0, 0.05) is 31.4 Å². The minimum absolute atomic E-state index is 0.0935. The molecule has 108 valence electrons. The molecule has 0 radical (unpaired) electrons. The van der Waals surface area contributed by atoms with Crippen molar-refractivity contribution >= 4 is 45.8 Å². The normalized spacial score (nSPS) is 23.1. The van der Waals surface area contributed by atoms with E-state index in [0.29, 0.717) is 9.59 Å². The number of carbonyl (C=O) groups is 1. The third-order valence-electron chi connectivity index (χ3n) is 3.41. The second-order valence-electron chi connectivity index (χ2n) is 4.93. The van der Waals surface area contributed by atoms with E-state index in [1.54, 1.807) is 12.1 Å². The Morgan fingerprint density at radius 2 is 2.10 bits per heavy atom. The van der Waals surface area contributed by atoms with Gasteiger partial charge in [-0.05, 0) is 12.1 Å². The number of rotatable bonds is 1. The number of piperazine rings is 1. The van der Waals surface area contributed by atoms with Crippen LogP contribution in [0, 0.1) is 0 Å². The van der Waals surface area contributed by atoms with E-state index < -0.39 is 0 Å². The molecule has 0 spiro atoms. The van der Waals surface area contributed by atoms with Crippen LogP contribution in [0.3, 0.4) is 0 Å². The Balaban J connectivity index is 1.57. The van der Waals surface area contributed by atoms with Gasteiger partial charge >= 0.3 is 0 Å². The number of thioether (sulfide) groups is 1. The second-order valence-corrected chi connectivity index (χ2v) is 8.06. The fourth-order valence-corrected chi connectivity index (χ4v) is 4.32. The summed E-state index contributed by atoms with van der Waals surface area (Å²) < 4.78 is 0.665. The first-order chi connectivity index (χ1) is 9.63. The summed E-state index contributed by atoms with van der Waals surface area (Å²) in [6.07, 6.45) is 0. The molecule has 1 fully saturated rings. The molecule has 2 aliphatic heterocycles. The molecule has 2 aliphatic rings. The molecular formula is C13H16ClN3OS2. The Labute approximate surface area is 131 Å². The number of aliphatic imine (C=N–C) groups is 1. The predicted molar refractivity (Wildman–Crippen MR) is 86.2 cm³/mol. The first-order valence-electron chi connectivity index (χ1n) is 6.64. The summed E-state index contributed by atoms with van der Waals surface area (Å²) in [4.78, 5) is 21.8. The number of amidine groups is 1. The van der Waals surface area contributed by atoms with Crippen LogP contribution in [0.1, 0.15) is 16.6 Å². The van der Waals surface area contributed by atoms with Gasteiger partial charge in [0.05, 0.1) is 15.8 Å². The Morgan fingerprint density at radius 1 is 1.35 bits per heavy atom. The SMILES string of the molecule is CC1CN=C(N2CCN(C(=O)c3ccc(Cl)s3)CC2)S1. The van der Waals surface area contributed by atoms with Crippen molar-refractivity contribution < 1.29 is 4.79 Å². The third kappa shape index (κ3) is 2.97. The van der Waals surface area contributed by atoms with E-state index in [9.17, 15) is 4.79 Å². The van der Waals surface area contributed by atoms with Crippen LogP contribution in [0.5, 0.6) is 0 Å². The molecule has 0 bridgehead atoms. The van der Waals surface area contributed by atoms with Gasteiger partial charge in [-0.3, -0.25) is 9.79 Å². The second kappa shape index (κ2) is 5.95. The summed E-state index contributed by atoms with van der Waals surface area (Å²) in [5, 5.41) is 1.72. The van der Waals surface area contributed by atoms with Gasteiger partial charge < -0.3 is 9.80 Å². The Kier molecular flexibility index (Phi) is 4.23. The van der Waals surface area contributed by atoms with Crippen molar-refractivity contribution in [3.05, 3.63) is 21.3 Å². The van der Waals surface area contributed by atoms with Crippen molar-refractivity contribution in [1.29, 1.82) is 0 Å². The highest BCUT2D eigenvalue weighted by Gasteiger charge is 2.27. The lowest BCUT2D eigenvalue weighted by Crippen LogP contribution is -2.49. The predicted octanol–water partition coefficient (Wildman–Crippen LogP) is 2.65. The molecule has 1 amide bonds. The van der Waals surface area contributed by atoms with Crippen molar-refractivity contribution in [3.63, 3.8) is 0 Å². The standard InChI is InChI=1S/C13H16ClN3OS2/c1-9-8-15-13(19-9)17-6-4-16(5-7-17)12(18)10-2-3-11(14)20-10/h2-3,9H,4-8H2,1H3. The highest BCUT2D eigenvalue weighted by Crippen LogP contribution is 2.25. The third-order valence-corrected chi connectivity index (χ3v) is 5.78. The maximum absolute atomic E-state index is 12.3. The number of thiophene rings is 1. The molecule has 1 aromatic rings. The van der Waals surface area contributed by atoms with Crippen molar-refractivity contribution in [2.75, 3.05) is 32.7 Å². The molecule has 1 saturated heterocycles. The molecule has 0 saturated carbocycles. The van der Waals surface area contributed by atoms with E-state index in [1.807, 2.05) is 16.7 Å². The molecule has 4 nitrogen and oxygen atoms in total. The lowest BCUT2D eigenvalue weighted by atomic mass is 10.3. The molecule has 3 heterocycles. The van der Waals surface area contributed by atoms with E-state index in [2.05, 4.69) is 16.8 Å². The van der Waals surface area contributed by atoms with Crippen LogP contribution >= 0.6 is 34.7 Å². The van der Waals surface area contributed by atoms with Crippen LogP contribution in [0.25, 0.3) is 0 Å². The zero-order valence-electron chi connectivity index (χ0n) is 11.2. The summed E-state index contributed by atoms with van der Waals surface area (Å²) in [7, 11) is 0. The van der Waals surface area contributed by atoms with Gasteiger partial charge in [0.15, 0.2) is 5.17 Å². The van der Waals surface area contributed by atoms with Crippen molar-refractivity contribution in [3.8, 4) is 0 Å². The van der Waals surface area contributed by atoms with Crippen LogP contribution in [-0.4, -0.2) is 58.8 Å². The number of hydrogen-bond donors (Lipinski definition) is 0. The van der Waals surface area contributed by atoms with Crippen LogP contribution in [0.2, 0.25) is 4.34 Å². The van der Waals surface area contributed by atoms with Crippen molar-refractivity contribution in [2.24, 2.45) is 4.99 Å². The van der Waals surface area contributed by atoms with Gasteiger partial charge in [0.25, 0.3) is 5.91 Å². The molecule has 1 unspecified atom stereocenters. The highest BCUT2D eigenvalue weighted by molar-refractivity contribution is 8.14. The summed E-state index contributed by atoms with van der Waals surface area (Å²) >= 11 is 9.07. The van der Waals surface area contributed by atoms with E-state index in [4.69, 9.17) is 11.6 Å². The minimum Gasteiger partial charge on any atom is -0.348 e. The zero-order valence-corrected chi connectivity index (χ0v) is 13.6. The monoisotopic (exact) mass is 329 g/mol. The fourth-order valence-electron chi connectivity index (χ4n) is 2.32. The van der Waals surface area contributed by atoms with E-state index in [1.165, 1.54) is 11.3 Å². The van der Waals surface area contributed by atoms with Gasteiger partial charge in [0.1, 0.15) is 0 Å². The van der Waals surface area contributed by atoms with Gasteiger partial charge in [-0.1, -0.05) is 30.3 Å². The largest absolute Gasteiger partial charge is 0.348 e. The fraction of sp³-hybridized carbons (Fsp3) is 0.538. The van der Waals surface area contributed by atoms with Gasteiger partial charge in [-0.15, -0.1) is 11.3 Å². The van der Waals surface area contributed by atoms with Crippen LogP contribution in [-0.2, 0) is 0 Å². The number of amides is 1. The summed E-state index contributed by atoms with van der Waals surface area (Å²) in [6, 6.07) is 3.58. The lowest BCUT2D eigenvalue weighted by Gasteiger charge is -2.35. The molecule has 7 heteroatoms. The van der Waals surface area contributed by atoms with E-state index in [-0.39, 0.29) is 5.91 Å². The summed E-state index contributed by atoms with van der Waals surface area (Å²) in [6.45, 7) is 6.34.